The van der Waals surface area contributed by atoms with Crippen LogP contribution in [0.1, 0.15) is 63.7 Å². The van der Waals surface area contributed by atoms with Gasteiger partial charge in [-0.2, -0.15) is 0 Å². The Morgan fingerprint density at radius 2 is 1.76 bits per heavy atom. The fraction of sp³-hybridized carbons (Fsp3) is 0.650. The van der Waals surface area contributed by atoms with Gasteiger partial charge in [-0.3, -0.25) is 4.79 Å². The third-order valence-corrected chi connectivity index (χ3v) is 5.05. The summed E-state index contributed by atoms with van der Waals surface area (Å²) in [4.78, 5) is 13.3. The van der Waals surface area contributed by atoms with Crippen molar-refractivity contribution in [2.45, 2.75) is 58.0 Å². The van der Waals surface area contributed by atoms with Gasteiger partial charge in [-0.1, -0.05) is 45.0 Å². The average Bonchev–Trinajstić information content (AvgIpc) is 2.54. The first-order chi connectivity index (χ1) is 11.3. The zero-order valence-corrected chi connectivity index (χ0v) is 16.4. The third kappa shape index (κ3) is 6.61. The average molecular weight is 370 g/mol. The molecule has 0 aliphatic carbocycles. The standard InChI is InChI=1S/C20H31NO3.ClH/c1-20(2,3)17-8-6-15(7-9-17)18(22)5-4-12-21-13-10-16(11-14-21)19(23)24;/h6-9,16,18,22H,4-5,10-14H2,1-3H3,(H,23,24);1H. The van der Waals surface area contributed by atoms with Crippen LogP contribution in [0.3, 0.4) is 0 Å². The fourth-order valence-corrected chi connectivity index (χ4v) is 3.28. The summed E-state index contributed by atoms with van der Waals surface area (Å²) in [5, 5.41) is 19.4. The first kappa shape index (κ1) is 21.9. The van der Waals surface area contributed by atoms with Crippen LogP contribution in [0.5, 0.6) is 0 Å². The Kier molecular flexibility index (Phi) is 8.39. The van der Waals surface area contributed by atoms with Gasteiger partial charge in [0.2, 0.25) is 0 Å². The summed E-state index contributed by atoms with van der Waals surface area (Å²) in [5.41, 5.74) is 2.39. The van der Waals surface area contributed by atoms with Gasteiger partial charge in [-0.25, -0.2) is 0 Å². The lowest BCUT2D eigenvalue weighted by molar-refractivity contribution is -0.143. The molecule has 0 saturated carbocycles. The number of carbonyl (C=O) groups is 1. The summed E-state index contributed by atoms with van der Waals surface area (Å²) < 4.78 is 0. The number of halogens is 1. The SMILES string of the molecule is CC(C)(C)c1ccc(C(O)CCCN2CCC(C(=O)O)CC2)cc1.Cl. The van der Waals surface area contributed by atoms with Crippen molar-refractivity contribution in [3.63, 3.8) is 0 Å². The van der Waals surface area contributed by atoms with Crippen LogP contribution in [0.15, 0.2) is 24.3 Å². The largest absolute Gasteiger partial charge is 0.481 e. The number of benzene rings is 1. The highest BCUT2D eigenvalue weighted by atomic mass is 35.5. The summed E-state index contributed by atoms with van der Waals surface area (Å²) in [5.74, 6) is -0.836. The summed E-state index contributed by atoms with van der Waals surface area (Å²) in [7, 11) is 0. The lowest BCUT2D eigenvalue weighted by atomic mass is 9.86. The maximum absolute atomic E-state index is 11.0. The molecule has 1 aliphatic heterocycles. The molecule has 25 heavy (non-hydrogen) atoms. The number of carboxylic acid groups (broad SMARTS) is 1. The van der Waals surface area contributed by atoms with Crippen molar-refractivity contribution in [3.05, 3.63) is 35.4 Å². The van der Waals surface area contributed by atoms with E-state index in [1.54, 1.807) is 0 Å². The molecule has 1 heterocycles. The van der Waals surface area contributed by atoms with E-state index in [0.29, 0.717) is 0 Å². The number of aliphatic carboxylic acids is 1. The number of nitrogens with zero attached hydrogens (tertiary/aromatic N) is 1. The second kappa shape index (κ2) is 9.56. The molecule has 2 N–H and O–H groups in total. The van der Waals surface area contributed by atoms with Gasteiger partial charge in [0.05, 0.1) is 12.0 Å². The van der Waals surface area contributed by atoms with Crippen molar-refractivity contribution in [3.8, 4) is 0 Å². The van der Waals surface area contributed by atoms with Gasteiger partial charge < -0.3 is 15.1 Å². The smallest absolute Gasteiger partial charge is 0.306 e. The van der Waals surface area contributed by atoms with Crippen LogP contribution < -0.4 is 0 Å². The molecule has 1 aromatic carbocycles. The van der Waals surface area contributed by atoms with E-state index >= 15 is 0 Å². The van der Waals surface area contributed by atoms with E-state index < -0.39 is 12.1 Å². The molecule has 1 aliphatic rings. The predicted molar refractivity (Wildman–Crippen MR) is 103 cm³/mol. The number of hydrogen-bond acceptors (Lipinski definition) is 3. The van der Waals surface area contributed by atoms with Gasteiger partial charge in [0.25, 0.3) is 0 Å². The molecule has 5 heteroatoms. The minimum Gasteiger partial charge on any atom is -0.481 e. The highest BCUT2D eigenvalue weighted by molar-refractivity contribution is 5.85. The molecule has 1 atom stereocenters. The van der Waals surface area contributed by atoms with Gasteiger partial charge in [0, 0.05) is 0 Å². The van der Waals surface area contributed by atoms with Crippen LogP contribution in [0.4, 0.5) is 0 Å². The quantitative estimate of drug-likeness (QED) is 0.795. The lowest BCUT2D eigenvalue weighted by Gasteiger charge is -2.30. The van der Waals surface area contributed by atoms with Crippen LogP contribution >= 0.6 is 12.4 Å². The maximum Gasteiger partial charge on any atom is 0.306 e. The van der Waals surface area contributed by atoms with Gasteiger partial charge in [-0.15, -0.1) is 12.4 Å². The van der Waals surface area contributed by atoms with Crippen molar-refractivity contribution in [2.75, 3.05) is 19.6 Å². The summed E-state index contributed by atoms with van der Waals surface area (Å²) in [6, 6.07) is 8.28. The Morgan fingerprint density at radius 1 is 1.20 bits per heavy atom. The molecular weight excluding hydrogens is 338 g/mol. The highest BCUT2D eigenvalue weighted by Crippen LogP contribution is 2.25. The molecule has 0 spiro atoms. The topological polar surface area (TPSA) is 60.8 Å². The number of piperidine rings is 1. The first-order valence-electron chi connectivity index (χ1n) is 9.01. The minimum absolute atomic E-state index is 0. The van der Waals surface area contributed by atoms with E-state index in [0.717, 1.165) is 50.9 Å². The molecule has 0 radical (unpaired) electrons. The second-order valence-corrected chi connectivity index (χ2v) is 7.98. The zero-order chi connectivity index (χ0) is 17.7. The number of hydrogen-bond donors (Lipinski definition) is 2. The molecule has 142 valence electrons. The van der Waals surface area contributed by atoms with Gasteiger partial charge in [0.1, 0.15) is 0 Å². The molecular formula is C20H32ClNO3. The van der Waals surface area contributed by atoms with E-state index in [2.05, 4.69) is 37.8 Å². The first-order valence-corrected chi connectivity index (χ1v) is 9.01. The van der Waals surface area contributed by atoms with Crippen molar-refractivity contribution in [1.82, 2.24) is 4.90 Å². The predicted octanol–water partition coefficient (Wildman–Crippen LogP) is 4.02. The summed E-state index contributed by atoms with van der Waals surface area (Å²) >= 11 is 0. The molecule has 0 aromatic heterocycles. The van der Waals surface area contributed by atoms with E-state index in [4.69, 9.17) is 5.11 Å². The number of likely N-dealkylation sites (tertiary alicyclic amines) is 1. The molecule has 1 fully saturated rings. The van der Waals surface area contributed by atoms with Gasteiger partial charge >= 0.3 is 5.97 Å². The van der Waals surface area contributed by atoms with E-state index in [-0.39, 0.29) is 23.7 Å². The Bertz CT molecular complexity index is 531. The van der Waals surface area contributed by atoms with E-state index in [9.17, 15) is 9.90 Å². The van der Waals surface area contributed by atoms with Crippen molar-refractivity contribution in [2.24, 2.45) is 5.92 Å². The zero-order valence-electron chi connectivity index (χ0n) is 15.6. The summed E-state index contributed by atoms with van der Waals surface area (Å²) in [6.45, 7) is 9.20. The number of aliphatic hydroxyl groups excluding tert-OH is 1. The monoisotopic (exact) mass is 369 g/mol. The fourth-order valence-electron chi connectivity index (χ4n) is 3.28. The summed E-state index contributed by atoms with van der Waals surface area (Å²) in [6.07, 6.45) is 2.74. The highest BCUT2D eigenvalue weighted by Gasteiger charge is 2.24. The molecule has 1 saturated heterocycles. The number of rotatable bonds is 6. The van der Waals surface area contributed by atoms with Crippen molar-refractivity contribution in [1.29, 1.82) is 0 Å². The van der Waals surface area contributed by atoms with Crippen LogP contribution in [0.25, 0.3) is 0 Å². The van der Waals surface area contributed by atoms with E-state index in [1.165, 1.54) is 5.56 Å². The van der Waals surface area contributed by atoms with Gasteiger partial charge in [0.15, 0.2) is 0 Å². The van der Waals surface area contributed by atoms with Crippen LogP contribution in [0, 0.1) is 5.92 Å². The molecule has 0 bridgehead atoms. The van der Waals surface area contributed by atoms with Crippen LogP contribution in [-0.4, -0.2) is 40.7 Å². The van der Waals surface area contributed by atoms with E-state index in [1.807, 2.05) is 12.1 Å². The third-order valence-electron chi connectivity index (χ3n) is 5.05. The minimum atomic E-state index is -0.663. The Hall–Kier alpha value is -1.10. The van der Waals surface area contributed by atoms with Crippen LogP contribution in [-0.2, 0) is 10.2 Å². The number of carboxylic acids is 1. The Labute approximate surface area is 157 Å². The second-order valence-electron chi connectivity index (χ2n) is 7.98. The lowest BCUT2D eigenvalue weighted by Crippen LogP contribution is -2.36. The number of aliphatic hydroxyl groups is 1. The Morgan fingerprint density at radius 3 is 2.24 bits per heavy atom. The normalized spacial score (nSPS) is 17.8. The van der Waals surface area contributed by atoms with Crippen molar-refractivity contribution < 1.29 is 15.0 Å². The molecule has 0 amide bonds. The van der Waals surface area contributed by atoms with Crippen LogP contribution in [0.2, 0.25) is 0 Å². The molecule has 1 aromatic rings. The van der Waals surface area contributed by atoms with Gasteiger partial charge in [-0.05, 0) is 61.9 Å². The molecule has 4 nitrogen and oxygen atoms in total. The molecule has 2 rings (SSSR count). The molecule has 1 unspecified atom stereocenters. The maximum atomic E-state index is 11.0. The Balaban J connectivity index is 0.00000312. The van der Waals surface area contributed by atoms with Crippen molar-refractivity contribution >= 4 is 18.4 Å².